The predicted molar refractivity (Wildman–Crippen MR) is 564 cm³/mol. The van der Waals surface area contributed by atoms with Crippen LogP contribution in [0.3, 0.4) is 0 Å². The van der Waals surface area contributed by atoms with Crippen LogP contribution < -0.4 is 33.3 Å². The van der Waals surface area contributed by atoms with Crippen LogP contribution in [0.25, 0.3) is 164 Å². The smallest absolute Gasteiger partial charge is 0.196 e. The molecule has 18 nitrogen and oxygen atoms in total. The SMILES string of the molecule is Cc1cccc2c1c1nccc(C)c1n1c2cc[n+]1C.Cc1ccnc2c3c(C(C)(C)C)cccc3c3cc[n+](C)n3c12.Cc1ccnc2c3c(C(C)C)cccc3c3cc[n+](C)n3c12.Cc1ccnc2c3c(C4CCCC4)cccc3c3cc[n+](C)n3c12.Cc1ccnc2c3c(C4CCCCC4)cccc3c3cc[n+](C)n3c12.Cc1ccnc2c3c([Si](C)(C)C)cccc3c3cc[n+](C)n3c12. The molecule has 2 aliphatic carbocycles. The van der Waals surface area contributed by atoms with Gasteiger partial charge in [-0.15, -0.1) is 55.2 Å². The summed E-state index contributed by atoms with van der Waals surface area (Å²) in [5.74, 6) is 1.83. The zero-order valence-electron chi connectivity index (χ0n) is 83.4. The van der Waals surface area contributed by atoms with E-state index in [-0.39, 0.29) is 5.41 Å². The molecule has 0 unspecified atom stereocenters. The molecule has 0 bridgehead atoms. The summed E-state index contributed by atoms with van der Waals surface area (Å²) in [4.78, 5) is 28.7. The Hall–Kier alpha value is -14.3. The number of aromatic nitrogens is 18. The van der Waals surface area contributed by atoms with Gasteiger partial charge in [0.15, 0.2) is 79.5 Å². The van der Waals surface area contributed by atoms with E-state index in [9.17, 15) is 0 Å². The lowest BCUT2D eigenvalue weighted by Crippen LogP contribution is -2.39. The minimum Gasteiger partial charge on any atom is -0.254 e. The highest BCUT2D eigenvalue weighted by atomic mass is 28.3. The number of rotatable bonds is 4. The van der Waals surface area contributed by atoms with Crippen molar-refractivity contribution in [3.8, 4) is 0 Å². The molecule has 6 aromatic carbocycles. The molecule has 686 valence electrons. The molecule has 2 fully saturated rings. The first-order chi connectivity index (χ1) is 66.1. The minimum atomic E-state index is -1.47. The Morgan fingerprint density at radius 1 is 0.285 bits per heavy atom. The van der Waals surface area contributed by atoms with Crippen LogP contribution in [0.4, 0.5) is 0 Å². The number of fused-ring (bicyclic) bond motifs is 36. The average molecular weight is 1820 g/mol. The molecule has 0 saturated heterocycles. The lowest BCUT2D eigenvalue weighted by atomic mass is 9.82. The summed E-state index contributed by atoms with van der Waals surface area (Å²) in [5, 5.41) is 17.2. The topological polar surface area (TPSA) is 127 Å². The Morgan fingerprint density at radius 2 is 0.547 bits per heavy atom. The van der Waals surface area contributed by atoms with Gasteiger partial charge >= 0.3 is 0 Å². The van der Waals surface area contributed by atoms with Gasteiger partial charge in [0.25, 0.3) is 0 Å². The molecule has 0 aliphatic heterocycles. The van der Waals surface area contributed by atoms with Crippen LogP contribution in [0.15, 0.2) is 256 Å². The molecule has 0 N–H and O–H groups in total. The molecule has 0 atom stereocenters. The first-order valence-electron chi connectivity index (χ1n) is 49.1. The van der Waals surface area contributed by atoms with Crippen LogP contribution in [0.2, 0.25) is 19.6 Å². The van der Waals surface area contributed by atoms with E-state index >= 15 is 0 Å². The molecule has 0 radical (unpaired) electrons. The van der Waals surface area contributed by atoms with Gasteiger partial charge in [0.05, 0.1) is 8.07 Å². The van der Waals surface area contributed by atoms with Crippen LogP contribution in [0, 0.1) is 48.5 Å². The summed E-state index contributed by atoms with van der Waals surface area (Å²) in [6.45, 7) is 33.7. The largest absolute Gasteiger partial charge is 0.254 e. The summed E-state index contributed by atoms with van der Waals surface area (Å²) in [6, 6.07) is 65.9. The van der Waals surface area contributed by atoms with Crippen LogP contribution in [0.1, 0.15) is 171 Å². The van der Waals surface area contributed by atoms with E-state index in [1.165, 1.54) is 255 Å². The van der Waals surface area contributed by atoms with Gasteiger partial charge in [-0.1, -0.05) is 201 Å². The zero-order chi connectivity index (χ0) is 95.2. The number of hydrogen-bond donors (Lipinski definition) is 0. The molecular weight excluding hydrogens is 1700 g/mol. The van der Waals surface area contributed by atoms with Gasteiger partial charge in [-0.3, -0.25) is 29.9 Å². The zero-order valence-corrected chi connectivity index (χ0v) is 84.4. The Labute approximate surface area is 800 Å². The fourth-order valence-electron chi connectivity index (χ4n) is 23.3. The number of nitrogens with zero attached hydrogens (tertiary/aromatic N) is 18. The van der Waals surface area contributed by atoms with Crippen molar-refractivity contribution >= 4 is 177 Å². The summed E-state index contributed by atoms with van der Waals surface area (Å²) in [7, 11) is 11.1. The van der Waals surface area contributed by atoms with Crippen molar-refractivity contribution in [1.29, 1.82) is 0 Å². The highest BCUT2D eigenvalue weighted by Gasteiger charge is 2.32. The number of pyridine rings is 12. The fraction of sp³-hybridized carbons (Fsp3) is 0.288. The van der Waals surface area contributed by atoms with Crippen molar-refractivity contribution in [3.05, 3.63) is 318 Å². The van der Waals surface area contributed by atoms with Crippen molar-refractivity contribution in [2.24, 2.45) is 42.3 Å². The van der Waals surface area contributed by atoms with Gasteiger partial charge in [0.1, 0.15) is 99.3 Å². The monoisotopic (exact) mass is 1820 g/mol. The van der Waals surface area contributed by atoms with E-state index in [1.54, 1.807) is 0 Å². The highest BCUT2D eigenvalue weighted by molar-refractivity contribution is 6.90. The van der Waals surface area contributed by atoms with Crippen LogP contribution in [0.5, 0.6) is 0 Å². The summed E-state index contributed by atoms with van der Waals surface area (Å²) in [5.41, 5.74) is 36.1. The second kappa shape index (κ2) is 34.8. The number of aryl methyl sites for hydroxylation is 13. The third kappa shape index (κ3) is 14.8. The summed E-state index contributed by atoms with van der Waals surface area (Å²) >= 11 is 0. The van der Waals surface area contributed by atoms with E-state index < -0.39 is 8.07 Å². The maximum Gasteiger partial charge on any atom is 0.196 e. The second-order valence-corrected chi connectivity index (χ2v) is 46.2. The van der Waals surface area contributed by atoms with E-state index in [0.717, 1.165) is 33.1 Å². The van der Waals surface area contributed by atoms with Crippen LogP contribution in [-0.2, 0) is 47.7 Å². The lowest BCUT2D eigenvalue weighted by molar-refractivity contribution is -0.735. The molecule has 26 rings (SSSR count). The minimum absolute atomic E-state index is 0.0744. The van der Waals surface area contributed by atoms with Gasteiger partial charge in [-0.25, -0.2) is 0 Å². The first-order valence-corrected chi connectivity index (χ1v) is 52.6. The molecule has 24 aromatic rings. The quantitative estimate of drug-likeness (QED) is 0.0981. The third-order valence-electron chi connectivity index (χ3n) is 29.8. The van der Waals surface area contributed by atoms with Crippen molar-refractivity contribution in [2.75, 3.05) is 0 Å². The summed E-state index contributed by atoms with van der Waals surface area (Å²) < 4.78 is 26.5. The van der Waals surface area contributed by atoms with E-state index in [1.807, 2.05) is 37.2 Å². The first kappa shape index (κ1) is 89.2. The summed E-state index contributed by atoms with van der Waals surface area (Å²) in [6.07, 6.45) is 36.4. The third-order valence-corrected chi connectivity index (χ3v) is 31.9. The van der Waals surface area contributed by atoms with Crippen molar-refractivity contribution in [2.45, 2.75) is 184 Å². The Kier molecular flexibility index (Phi) is 22.7. The van der Waals surface area contributed by atoms with Gasteiger partial charge in [-0.2, -0.15) is 0 Å². The van der Waals surface area contributed by atoms with Crippen LogP contribution in [-0.4, -0.2) is 65.1 Å². The molecule has 18 heterocycles. The van der Waals surface area contributed by atoms with Crippen molar-refractivity contribution < 1.29 is 28.1 Å². The van der Waals surface area contributed by atoms with Crippen molar-refractivity contribution in [3.63, 3.8) is 0 Å². The molecule has 0 amide bonds. The normalized spacial score (nSPS) is 13.6. The van der Waals surface area contributed by atoms with Gasteiger partial charge < -0.3 is 0 Å². The van der Waals surface area contributed by atoms with E-state index in [4.69, 9.17) is 24.9 Å². The lowest BCUT2D eigenvalue weighted by Gasteiger charge is -2.24. The van der Waals surface area contributed by atoms with Gasteiger partial charge in [-0.05, 0) is 195 Å². The molecule has 2 saturated carbocycles. The van der Waals surface area contributed by atoms with Crippen LogP contribution >= 0.6 is 0 Å². The maximum absolute atomic E-state index is 4.86. The van der Waals surface area contributed by atoms with E-state index in [0.29, 0.717) is 17.8 Å². The molecule has 0 spiro atoms. The van der Waals surface area contributed by atoms with Gasteiger partial charge in [0.2, 0.25) is 0 Å². The number of hydrogen-bond acceptors (Lipinski definition) is 6. The van der Waals surface area contributed by atoms with E-state index in [2.05, 4.69) is 424 Å². The Morgan fingerprint density at radius 3 is 0.883 bits per heavy atom. The average Bonchev–Trinajstić information content (AvgIpc) is 1.67. The Balaban J connectivity index is 0.0000000983. The predicted octanol–water partition coefficient (Wildman–Crippen LogP) is 23.6. The molecule has 137 heavy (non-hydrogen) atoms. The van der Waals surface area contributed by atoms with Gasteiger partial charge in [0, 0.05) is 138 Å². The number of benzene rings is 6. The standard InChI is InChI=1S/C22H24N3.C21H22N3.C20H22N3.C19H22N3Si.C19H20N3.C17H16N3/c1-15-11-13-23-21-20-17(16-7-4-3-5-8-16)9-6-10-18(20)19-12-14-24(2)25(19)22(15)21;1-14-10-12-22-20-19-16(15-6-3-4-7-15)8-5-9-17(19)18-11-13-23(2)24(18)21(14)20;1-13-9-11-21-18-17-14(7-6-8-15(17)20(2,3)4)16-10-12-22(5)23(16)19(13)18;1-13-9-11-20-18-17-14(7-6-8-16(17)23(3,4)5)15-10-12-21(2)22(15)19(13)18;1-12(2)14-6-5-7-15-16-9-11-21(4)22(16)19-13(3)8-10-20-18(19)17(14)15;1-11-5-4-6-13-14-8-10-19(3)20(14)17-12(2)7-9-18-16(17)15(11)13/h6,9-14,16H,3-5,7-8H2,1-2H3;5,8-13,15H,3-4,6-7H2,1-2H3;2*6-12H,1-5H3;5-12H,1-4H3;4-10H,1-3H3/q6*+1. The van der Waals surface area contributed by atoms with Crippen molar-refractivity contribution in [1.82, 2.24) is 57.0 Å². The molecular formula is C118H126N18Si+6. The molecule has 18 aromatic heterocycles. The molecule has 2 aliphatic rings. The fourth-order valence-corrected chi connectivity index (χ4v) is 24.9. The maximum atomic E-state index is 4.86. The highest BCUT2D eigenvalue weighted by Crippen LogP contribution is 2.45. The Bertz CT molecular complexity index is 8840. The second-order valence-electron chi connectivity index (χ2n) is 41.2. The molecule has 19 heteroatoms.